The zero-order valence-electron chi connectivity index (χ0n) is 34.5. The number of thiophene rings is 2. The SMILES string of the molecule is O=C(/C=C/c1cccs1)c1cccc(N2CCOC(=O)c3ccccc3C(=O)OCCN(c3cccc(C(=O)/C=C/c4cccs4)c3)CCOC(=O)c3ccccc3C(=O)OCC2)c1. The Balaban J connectivity index is 1.12. The van der Waals surface area contributed by atoms with E-state index in [9.17, 15) is 28.8 Å². The number of carbonyl (C=O) groups is 6. The molecule has 0 spiro atoms. The molecule has 4 aromatic carbocycles. The fourth-order valence-corrected chi connectivity index (χ4v) is 7.95. The second-order valence-electron chi connectivity index (χ2n) is 14.1. The Labute approximate surface area is 377 Å². The van der Waals surface area contributed by atoms with E-state index in [4.69, 9.17) is 18.9 Å². The molecule has 0 amide bonds. The van der Waals surface area contributed by atoms with Gasteiger partial charge in [0.2, 0.25) is 0 Å². The largest absolute Gasteiger partial charge is 0.460 e. The van der Waals surface area contributed by atoms with E-state index in [0.717, 1.165) is 9.75 Å². The summed E-state index contributed by atoms with van der Waals surface area (Å²) in [7, 11) is 0. The number of anilines is 2. The molecule has 12 nitrogen and oxygen atoms in total. The molecule has 0 N–H and O–H groups in total. The van der Waals surface area contributed by atoms with Crippen molar-refractivity contribution in [2.45, 2.75) is 0 Å². The van der Waals surface area contributed by atoms with Gasteiger partial charge in [-0.05, 0) is 95.7 Å². The lowest BCUT2D eigenvalue weighted by molar-refractivity contribution is 0.0447. The maximum absolute atomic E-state index is 13.5. The smallest absolute Gasteiger partial charge is 0.339 e. The van der Waals surface area contributed by atoms with Crippen molar-refractivity contribution in [2.75, 3.05) is 62.4 Å². The van der Waals surface area contributed by atoms with Crippen LogP contribution in [0.15, 0.2) is 144 Å². The summed E-state index contributed by atoms with van der Waals surface area (Å²) in [6.07, 6.45) is 6.49. The Morgan fingerprint density at radius 1 is 0.438 bits per heavy atom. The zero-order chi connectivity index (χ0) is 44.7. The molecule has 7 rings (SSSR count). The number of hydrogen-bond acceptors (Lipinski definition) is 14. The second kappa shape index (κ2) is 22.1. The van der Waals surface area contributed by atoms with Crippen molar-refractivity contribution < 1.29 is 47.7 Å². The van der Waals surface area contributed by atoms with Gasteiger partial charge in [-0.1, -0.05) is 60.7 Å². The van der Waals surface area contributed by atoms with Gasteiger partial charge < -0.3 is 28.7 Å². The number of rotatable bonds is 8. The van der Waals surface area contributed by atoms with Crippen molar-refractivity contribution in [3.8, 4) is 0 Å². The minimum Gasteiger partial charge on any atom is -0.460 e. The highest BCUT2D eigenvalue weighted by Gasteiger charge is 2.23. The van der Waals surface area contributed by atoms with E-state index in [2.05, 4.69) is 0 Å². The van der Waals surface area contributed by atoms with Gasteiger partial charge >= 0.3 is 23.9 Å². The number of ether oxygens (including phenoxy) is 4. The third-order valence-electron chi connectivity index (χ3n) is 9.99. The normalized spacial score (nSPS) is 14.9. The Morgan fingerprint density at radius 2 is 0.781 bits per heavy atom. The van der Waals surface area contributed by atoms with Crippen LogP contribution in [0.25, 0.3) is 12.2 Å². The maximum Gasteiger partial charge on any atom is 0.339 e. The quantitative estimate of drug-likeness (QED) is 0.0622. The summed E-state index contributed by atoms with van der Waals surface area (Å²) in [5, 5.41) is 3.84. The first-order valence-electron chi connectivity index (χ1n) is 20.3. The number of fused-ring (bicyclic) bond motifs is 2. The molecule has 0 aliphatic carbocycles. The molecule has 0 saturated heterocycles. The van der Waals surface area contributed by atoms with Crippen LogP contribution < -0.4 is 9.80 Å². The standard InChI is InChI=1S/C50H42N2O10S2/c53-45(21-19-39-13-7-31-63-39)35-9-5-11-37(33-35)51-23-27-59-47(55)41-15-1-2-16-42(41)48(56)60-28-24-52(38-12-6-10-36(34-38)46(54)22-20-40-14-8-32-64-40)26-30-62-50(58)44-18-4-3-17-43(44)49(57)61-29-25-51/h1-22,31-34H,23-30H2/b21-19+,22-20+. The van der Waals surface area contributed by atoms with Gasteiger partial charge in [0.1, 0.15) is 26.4 Å². The number of carbonyl (C=O) groups excluding carboxylic acids is 6. The first kappa shape index (κ1) is 44.6. The van der Waals surface area contributed by atoms with Crippen LogP contribution in [0.2, 0.25) is 0 Å². The molecule has 0 unspecified atom stereocenters. The Hall–Kier alpha value is -7.42. The number of allylic oxidation sites excluding steroid dienone is 2. The van der Waals surface area contributed by atoms with Gasteiger partial charge in [0.15, 0.2) is 11.6 Å². The molecule has 0 atom stereocenters. The van der Waals surface area contributed by atoms with E-state index in [1.165, 1.54) is 59.1 Å². The van der Waals surface area contributed by atoms with Crippen molar-refractivity contribution in [2.24, 2.45) is 0 Å². The van der Waals surface area contributed by atoms with Crippen LogP contribution in [-0.2, 0) is 18.9 Å². The fraction of sp³-hybridized carbons (Fsp3) is 0.160. The predicted octanol–water partition coefficient (Wildman–Crippen LogP) is 8.96. The molecular weight excluding hydrogens is 853 g/mol. The predicted molar refractivity (Wildman–Crippen MR) is 247 cm³/mol. The average Bonchev–Trinajstić information content (AvgIpc) is 4.07. The molecule has 2 aromatic heterocycles. The molecule has 0 bridgehead atoms. The number of cyclic esters (lactones) is 4. The Bertz CT molecular complexity index is 2410. The molecule has 1 aliphatic rings. The molecule has 1 aliphatic heterocycles. The van der Waals surface area contributed by atoms with Gasteiger partial charge in [0, 0.05) is 32.3 Å². The lowest BCUT2D eigenvalue weighted by atomic mass is 10.1. The molecule has 0 radical (unpaired) electrons. The summed E-state index contributed by atoms with van der Waals surface area (Å²) in [5.74, 6) is -3.44. The summed E-state index contributed by atoms with van der Waals surface area (Å²) in [6, 6.07) is 33.8. The monoisotopic (exact) mass is 894 g/mol. The number of benzene rings is 4. The first-order valence-corrected chi connectivity index (χ1v) is 22.1. The van der Waals surface area contributed by atoms with E-state index < -0.39 is 23.9 Å². The highest BCUT2D eigenvalue weighted by atomic mass is 32.1. The van der Waals surface area contributed by atoms with Crippen molar-refractivity contribution in [3.63, 3.8) is 0 Å². The minimum absolute atomic E-state index is 0.00416. The van der Waals surface area contributed by atoms with Crippen molar-refractivity contribution in [1.29, 1.82) is 0 Å². The number of esters is 4. The molecule has 6 aromatic rings. The molecular formula is C50H42N2O10S2. The van der Waals surface area contributed by atoms with Gasteiger partial charge in [-0.25, -0.2) is 19.2 Å². The Morgan fingerprint density at radius 3 is 1.09 bits per heavy atom. The van der Waals surface area contributed by atoms with Crippen molar-refractivity contribution >= 4 is 81.6 Å². The van der Waals surface area contributed by atoms with Crippen LogP contribution in [-0.4, -0.2) is 88.1 Å². The fourth-order valence-electron chi connectivity index (χ4n) is 6.72. The summed E-state index contributed by atoms with van der Waals surface area (Å²) < 4.78 is 22.8. The van der Waals surface area contributed by atoms with Gasteiger partial charge in [-0.2, -0.15) is 0 Å². The average molecular weight is 895 g/mol. The van der Waals surface area contributed by atoms with E-state index in [1.807, 2.05) is 35.0 Å². The summed E-state index contributed by atoms with van der Waals surface area (Å²) in [6.45, 7) is -0.0687. The minimum atomic E-state index is -0.752. The van der Waals surface area contributed by atoms with Crippen LogP contribution in [0.1, 0.15) is 71.9 Å². The lowest BCUT2D eigenvalue weighted by Gasteiger charge is -2.25. The van der Waals surface area contributed by atoms with Crippen LogP contribution in [0.5, 0.6) is 0 Å². The highest BCUT2D eigenvalue weighted by molar-refractivity contribution is 7.11. The maximum atomic E-state index is 13.5. The molecule has 64 heavy (non-hydrogen) atoms. The van der Waals surface area contributed by atoms with E-state index >= 15 is 0 Å². The number of ketones is 2. The van der Waals surface area contributed by atoms with E-state index in [0.29, 0.717) is 22.5 Å². The first-order chi connectivity index (χ1) is 31.2. The van der Waals surface area contributed by atoms with Crippen LogP contribution >= 0.6 is 22.7 Å². The van der Waals surface area contributed by atoms with Crippen LogP contribution in [0.4, 0.5) is 11.4 Å². The third kappa shape index (κ3) is 11.9. The molecule has 0 fully saturated rings. The zero-order valence-corrected chi connectivity index (χ0v) is 36.1. The lowest BCUT2D eigenvalue weighted by Crippen LogP contribution is -2.33. The third-order valence-corrected chi connectivity index (χ3v) is 11.7. The van der Waals surface area contributed by atoms with Crippen LogP contribution in [0, 0.1) is 0 Å². The number of hydrogen-bond donors (Lipinski definition) is 0. The van der Waals surface area contributed by atoms with E-state index in [-0.39, 0.29) is 86.4 Å². The van der Waals surface area contributed by atoms with Gasteiger partial charge in [-0.15, -0.1) is 22.7 Å². The van der Waals surface area contributed by atoms with Gasteiger partial charge in [0.25, 0.3) is 0 Å². The van der Waals surface area contributed by atoms with Crippen LogP contribution in [0.3, 0.4) is 0 Å². The van der Waals surface area contributed by atoms with E-state index in [1.54, 1.807) is 94.7 Å². The summed E-state index contributed by atoms with van der Waals surface area (Å²) >= 11 is 3.02. The highest BCUT2D eigenvalue weighted by Crippen LogP contribution is 2.22. The molecule has 14 heteroatoms. The molecule has 0 saturated carbocycles. The molecule has 324 valence electrons. The second-order valence-corrected chi connectivity index (χ2v) is 16.1. The van der Waals surface area contributed by atoms with Gasteiger partial charge in [0.05, 0.1) is 48.4 Å². The van der Waals surface area contributed by atoms with Crippen molar-refractivity contribution in [3.05, 3.63) is 187 Å². The van der Waals surface area contributed by atoms with Gasteiger partial charge in [-0.3, -0.25) is 9.59 Å². The molecule has 3 heterocycles. The summed E-state index contributed by atoms with van der Waals surface area (Å²) in [4.78, 5) is 85.9. The number of nitrogens with zero attached hydrogens (tertiary/aromatic N) is 2. The summed E-state index contributed by atoms with van der Waals surface area (Å²) in [5.41, 5.74) is 2.05. The van der Waals surface area contributed by atoms with Crippen molar-refractivity contribution in [1.82, 2.24) is 0 Å². The topological polar surface area (TPSA) is 146 Å². The Kier molecular flexibility index (Phi) is 15.4.